The lowest BCUT2D eigenvalue weighted by Gasteiger charge is -2.46. The number of nitriles is 1. The lowest BCUT2D eigenvalue weighted by atomic mass is 9.70. The fourth-order valence-corrected chi connectivity index (χ4v) is 10.1. The molecule has 1 saturated heterocycles. The molecule has 2 aromatic heterocycles. The summed E-state index contributed by atoms with van der Waals surface area (Å²) in [5.41, 5.74) is 9.95. The molecule has 2 N–H and O–H groups in total. The molecule has 3 aliphatic carbocycles. The second kappa shape index (κ2) is 11.6. The summed E-state index contributed by atoms with van der Waals surface area (Å²) in [5.74, 6) is 1.43. The van der Waals surface area contributed by atoms with Gasteiger partial charge < -0.3 is 15.2 Å². The number of halogens is 3. The molecule has 7 atom stereocenters. The fraction of sp³-hybridized carbons (Fsp3) is 0.500. The van der Waals surface area contributed by atoms with Crippen LogP contribution < -0.4 is 5.73 Å². The first kappa shape index (κ1) is 32.4. The molecule has 0 spiro atoms. The van der Waals surface area contributed by atoms with Gasteiger partial charge in [-0.1, -0.05) is 56.1 Å². The minimum atomic E-state index is -0.470. The maximum absolute atomic E-state index is 17.2. The van der Waals surface area contributed by atoms with Crippen molar-refractivity contribution in [2.24, 2.45) is 34.8 Å². The Kier molecular flexibility index (Phi) is 7.84. The highest BCUT2D eigenvalue weighted by Crippen LogP contribution is 2.62. The van der Waals surface area contributed by atoms with Crippen molar-refractivity contribution in [1.29, 1.82) is 5.26 Å². The number of likely N-dealkylation sites (tertiary alicyclic amines) is 1. The number of fused-ring (bicyclic) bond motifs is 4. The Morgan fingerprint density at radius 1 is 1.19 bits per heavy atom. The number of nitrogens with zero attached hydrogens (tertiary/aromatic N) is 4. The van der Waals surface area contributed by atoms with Crippen molar-refractivity contribution in [3.05, 3.63) is 57.5 Å². The van der Waals surface area contributed by atoms with Crippen LogP contribution in [0.1, 0.15) is 76.2 Å². The Morgan fingerprint density at radius 3 is 2.62 bits per heavy atom. The van der Waals surface area contributed by atoms with E-state index in [9.17, 15) is 10.1 Å². The molecule has 3 saturated carbocycles. The number of carbonyl (C=O) groups excluding carboxylic acids is 1. The Morgan fingerprint density at radius 2 is 1.96 bits per heavy atom. The molecule has 4 aliphatic rings. The zero-order chi connectivity index (χ0) is 33.8. The minimum Gasteiger partial charge on any atom is -0.338 e. The van der Waals surface area contributed by atoms with Crippen LogP contribution in [0.5, 0.6) is 0 Å². The molecule has 10 heteroatoms. The lowest BCUT2D eigenvalue weighted by Crippen LogP contribution is -2.44. The average molecular weight is 705 g/mol. The van der Waals surface area contributed by atoms with E-state index in [1.165, 1.54) is 11.8 Å². The zero-order valence-electron chi connectivity index (χ0n) is 27.7. The molecule has 4 fully saturated rings. The largest absolute Gasteiger partial charge is 0.338 e. The minimum absolute atomic E-state index is 0.0584. The van der Waals surface area contributed by atoms with Gasteiger partial charge in [-0.3, -0.25) is 4.79 Å². The van der Waals surface area contributed by atoms with Gasteiger partial charge in [-0.25, -0.2) is 9.37 Å². The second-order valence-corrected chi connectivity index (χ2v) is 16.5. The third kappa shape index (κ3) is 4.67. The van der Waals surface area contributed by atoms with E-state index in [1.807, 2.05) is 12.3 Å². The molecule has 48 heavy (non-hydrogen) atoms. The van der Waals surface area contributed by atoms with Crippen molar-refractivity contribution in [3.8, 4) is 17.2 Å². The highest BCUT2D eigenvalue weighted by atomic mass is 35.5. The van der Waals surface area contributed by atoms with E-state index < -0.39 is 5.82 Å². The topological polar surface area (TPSA) is 87.9 Å². The van der Waals surface area contributed by atoms with Gasteiger partial charge in [-0.2, -0.15) is 5.26 Å². The number of nitrogens with two attached hydrogens (primary N) is 1. The summed E-state index contributed by atoms with van der Waals surface area (Å²) in [4.78, 5) is 21.4. The van der Waals surface area contributed by atoms with Gasteiger partial charge in [-0.15, -0.1) is 11.8 Å². The molecule has 1 aliphatic heterocycles. The van der Waals surface area contributed by atoms with Crippen LogP contribution in [0.2, 0.25) is 10.0 Å². The van der Waals surface area contributed by atoms with Crippen molar-refractivity contribution in [1.82, 2.24) is 14.5 Å². The molecule has 1 amide bonds. The Balaban J connectivity index is 1.43. The maximum atomic E-state index is 17.2. The number of piperidine rings is 1. The normalized spacial score (nSPS) is 28.4. The van der Waals surface area contributed by atoms with Crippen LogP contribution in [0.4, 0.5) is 4.39 Å². The van der Waals surface area contributed by atoms with Gasteiger partial charge in [0.2, 0.25) is 5.91 Å². The van der Waals surface area contributed by atoms with Crippen LogP contribution in [0.15, 0.2) is 35.4 Å². The quantitative estimate of drug-likeness (QED) is 0.185. The Labute approximate surface area is 295 Å². The van der Waals surface area contributed by atoms with Gasteiger partial charge in [0, 0.05) is 51.5 Å². The second-order valence-electron chi connectivity index (χ2n) is 14.9. The smallest absolute Gasteiger partial charge is 0.229 e. The molecule has 6 nitrogen and oxygen atoms in total. The van der Waals surface area contributed by atoms with Gasteiger partial charge in [0.05, 0.1) is 27.7 Å². The average Bonchev–Trinajstić information content (AvgIpc) is 3.84. The summed E-state index contributed by atoms with van der Waals surface area (Å²) in [6.45, 7) is 7.21. The van der Waals surface area contributed by atoms with Crippen LogP contribution in [0, 0.1) is 46.2 Å². The molecule has 0 radical (unpaired) electrons. The lowest BCUT2D eigenvalue weighted by molar-refractivity contribution is -0.139. The van der Waals surface area contributed by atoms with Crippen molar-refractivity contribution >= 4 is 62.7 Å². The fourth-order valence-electron chi connectivity index (χ4n) is 9.13. The molecule has 250 valence electrons. The summed E-state index contributed by atoms with van der Waals surface area (Å²) in [5, 5.41) is 12.6. The van der Waals surface area contributed by atoms with Crippen LogP contribution in [0.25, 0.3) is 32.9 Å². The number of pyridine rings is 1. The number of hydrogen-bond donors (Lipinski definition) is 1. The van der Waals surface area contributed by atoms with E-state index in [-0.39, 0.29) is 52.3 Å². The van der Waals surface area contributed by atoms with Crippen molar-refractivity contribution in [2.75, 3.05) is 12.8 Å². The van der Waals surface area contributed by atoms with Gasteiger partial charge in [-0.05, 0) is 92.3 Å². The summed E-state index contributed by atoms with van der Waals surface area (Å²) in [6, 6.07) is 12.0. The van der Waals surface area contributed by atoms with E-state index in [0.717, 1.165) is 47.3 Å². The summed E-state index contributed by atoms with van der Waals surface area (Å²) < 4.78 is 19.7. The zero-order valence-corrected chi connectivity index (χ0v) is 30.0. The van der Waals surface area contributed by atoms with Gasteiger partial charge >= 0.3 is 0 Å². The van der Waals surface area contributed by atoms with Crippen LogP contribution in [0.3, 0.4) is 0 Å². The molecule has 2 unspecified atom stereocenters. The number of aryl methyl sites for hydroxylation is 1. The van der Waals surface area contributed by atoms with Crippen LogP contribution in [-0.4, -0.2) is 39.2 Å². The maximum Gasteiger partial charge on any atom is 0.229 e. The van der Waals surface area contributed by atoms with E-state index >= 15 is 4.39 Å². The standard InChI is InChI=1S/C38H40Cl2FN5OS/c1-18-13-21(17-43)33(18)45-27(28-15-23-19(2)34(23)46(28)37(47)38(3)10-11-38)16-25-35(45)24-14-20(7-6-12-42)29(22-8-5-9-26(39)30(22)40)31(41)32(24)44-36(25)48-4/h5,8-9,14,16,18-19,21,23,28,33-34H,6-7,10-11,13,15,17,43H2,1-4H3/t18-,19+,21+,23?,28+,33+,34?/m0/s1. The Hall–Kier alpha value is -2.83. The van der Waals surface area contributed by atoms with E-state index in [1.54, 1.807) is 18.2 Å². The third-order valence-electron chi connectivity index (χ3n) is 12.1. The van der Waals surface area contributed by atoms with Gasteiger partial charge in [0.25, 0.3) is 0 Å². The molecular formula is C38H40Cl2FN5OS. The number of rotatable bonds is 8. The number of thioether (sulfide) groups is 1. The van der Waals surface area contributed by atoms with E-state index in [4.69, 9.17) is 33.9 Å². The van der Waals surface area contributed by atoms with Crippen molar-refractivity contribution in [2.45, 2.75) is 82.4 Å². The van der Waals surface area contributed by atoms with Gasteiger partial charge in [0.1, 0.15) is 10.5 Å². The first-order valence-corrected chi connectivity index (χ1v) is 19.1. The number of benzene rings is 2. The summed E-state index contributed by atoms with van der Waals surface area (Å²) in [7, 11) is 0. The molecular weight excluding hydrogens is 664 g/mol. The molecule has 2 aromatic carbocycles. The van der Waals surface area contributed by atoms with E-state index in [2.05, 4.69) is 42.4 Å². The predicted molar refractivity (Wildman–Crippen MR) is 192 cm³/mol. The summed E-state index contributed by atoms with van der Waals surface area (Å²) in [6.07, 6.45) is 6.36. The van der Waals surface area contributed by atoms with Crippen LogP contribution >= 0.6 is 35.0 Å². The van der Waals surface area contributed by atoms with Crippen molar-refractivity contribution in [3.63, 3.8) is 0 Å². The summed E-state index contributed by atoms with van der Waals surface area (Å²) >= 11 is 14.6. The van der Waals surface area contributed by atoms with Crippen molar-refractivity contribution < 1.29 is 9.18 Å². The highest BCUT2D eigenvalue weighted by Gasteiger charge is 2.64. The van der Waals surface area contributed by atoms with Gasteiger partial charge in [0.15, 0.2) is 5.82 Å². The number of carbonyl (C=O) groups is 1. The van der Waals surface area contributed by atoms with E-state index in [0.29, 0.717) is 57.8 Å². The highest BCUT2D eigenvalue weighted by molar-refractivity contribution is 7.98. The molecule has 8 rings (SSSR count). The third-order valence-corrected chi connectivity index (χ3v) is 13.6. The monoisotopic (exact) mass is 703 g/mol. The Bertz CT molecular complexity index is 2050. The van der Waals surface area contributed by atoms with Crippen LogP contribution in [-0.2, 0) is 11.2 Å². The molecule has 0 bridgehead atoms. The predicted octanol–water partition coefficient (Wildman–Crippen LogP) is 9.34. The number of aromatic nitrogens is 2. The molecule has 4 aromatic rings. The molecule has 3 heterocycles. The number of hydrogen-bond acceptors (Lipinski definition) is 5. The first-order valence-electron chi connectivity index (χ1n) is 17.1. The first-order chi connectivity index (χ1) is 23.0. The number of amides is 1. The SMILES string of the molecule is CSc1nc2c(F)c(-c3cccc(Cl)c3Cl)c(CCC#N)cc2c2c1cc([C@H]1CC3C([C@@H]3C)N1C(=O)C1(C)CC1)n2[C@H]1[C@@H](CN)C[C@@H]1C.